The van der Waals surface area contributed by atoms with Crippen LogP contribution in [-0.2, 0) is 4.74 Å². The Hall–Kier alpha value is -0.570. The van der Waals surface area contributed by atoms with Crippen molar-refractivity contribution in [2.24, 2.45) is 0 Å². The number of rotatable bonds is 3. The van der Waals surface area contributed by atoms with Gasteiger partial charge in [-0.3, -0.25) is 0 Å². The molecule has 2 aliphatic rings. The van der Waals surface area contributed by atoms with Crippen molar-refractivity contribution >= 4 is 0 Å². The number of alkyl halides is 1. The average molecular weight is 199 g/mol. The molecule has 2 atom stereocenters. The molecule has 0 aromatic carbocycles. The first-order chi connectivity index (χ1) is 6.68. The lowest BCUT2D eigenvalue weighted by Gasteiger charge is -2.24. The van der Waals surface area contributed by atoms with Crippen molar-refractivity contribution in [3.05, 3.63) is 11.8 Å². The molecule has 3 heteroatoms. The molecule has 0 amide bonds. The topological polar surface area (TPSA) is 21.3 Å². The summed E-state index contributed by atoms with van der Waals surface area (Å²) in [6.45, 7) is 3.36. The number of nitrogens with one attached hydrogen (secondary N) is 1. The Kier molecular flexibility index (Phi) is 2.77. The first-order valence-corrected chi connectivity index (χ1v) is 5.42. The molecule has 1 saturated heterocycles. The molecule has 2 heterocycles. The van der Waals surface area contributed by atoms with Crippen LogP contribution in [0.25, 0.3) is 0 Å². The second-order valence-corrected chi connectivity index (χ2v) is 4.46. The second-order valence-electron chi connectivity index (χ2n) is 4.46. The Morgan fingerprint density at radius 2 is 2.57 bits per heavy atom. The quantitative estimate of drug-likeness (QED) is 0.752. The molecule has 2 aliphatic heterocycles. The van der Waals surface area contributed by atoms with E-state index in [1.165, 1.54) is 6.42 Å². The SMILES string of the molecule is CC(F)(CC1CCCN1)C1=COCC1. The summed E-state index contributed by atoms with van der Waals surface area (Å²) >= 11 is 0. The molecule has 0 aliphatic carbocycles. The van der Waals surface area contributed by atoms with Crippen LogP contribution < -0.4 is 5.32 Å². The third-order valence-corrected chi connectivity index (χ3v) is 3.18. The van der Waals surface area contributed by atoms with Crippen LogP contribution in [0.5, 0.6) is 0 Å². The van der Waals surface area contributed by atoms with Gasteiger partial charge in [-0.2, -0.15) is 0 Å². The molecule has 0 aromatic heterocycles. The summed E-state index contributed by atoms with van der Waals surface area (Å²) in [5.74, 6) is 0. The van der Waals surface area contributed by atoms with Gasteiger partial charge in [-0.15, -0.1) is 0 Å². The van der Waals surface area contributed by atoms with Crippen LogP contribution >= 0.6 is 0 Å². The largest absolute Gasteiger partial charge is 0.501 e. The monoisotopic (exact) mass is 199 g/mol. The van der Waals surface area contributed by atoms with Crippen LogP contribution in [0.15, 0.2) is 11.8 Å². The molecule has 2 unspecified atom stereocenters. The van der Waals surface area contributed by atoms with Crippen molar-refractivity contribution in [2.75, 3.05) is 13.2 Å². The molecule has 2 rings (SSSR count). The van der Waals surface area contributed by atoms with Gasteiger partial charge in [0.05, 0.1) is 12.9 Å². The van der Waals surface area contributed by atoms with E-state index in [1.54, 1.807) is 13.2 Å². The van der Waals surface area contributed by atoms with Crippen LogP contribution in [0.2, 0.25) is 0 Å². The van der Waals surface area contributed by atoms with Crippen LogP contribution in [0.4, 0.5) is 4.39 Å². The second kappa shape index (κ2) is 3.89. The van der Waals surface area contributed by atoms with Crippen LogP contribution in [-0.4, -0.2) is 24.9 Å². The lowest BCUT2D eigenvalue weighted by atomic mass is 9.89. The van der Waals surface area contributed by atoms with Gasteiger partial charge in [-0.05, 0) is 26.3 Å². The van der Waals surface area contributed by atoms with Gasteiger partial charge in [-0.1, -0.05) is 0 Å². The predicted molar refractivity (Wildman–Crippen MR) is 53.8 cm³/mol. The minimum absolute atomic E-state index is 0.353. The Bertz CT molecular complexity index is 231. The Labute approximate surface area is 84.5 Å². The zero-order valence-corrected chi connectivity index (χ0v) is 8.68. The molecular weight excluding hydrogens is 181 g/mol. The van der Waals surface area contributed by atoms with E-state index in [0.29, 0.717) is 19.1 Å². The highest BCUT2D eigenvalue weighted by Crippen LogP contribution is 2.33. The fourth-order valence-electron chi connectivity index (χ4n) is 2.30. The summed E-state index contributed by atoms with van der Waals surface area (Å²) < 4.78 is 19.3. The van der Waals surface area contributed by atoms with Gasteiger partial charge in [0, 0.05) is 24.5 Å². The van der Waals surface area contributed by atoms with Crippen LogP contribution in [0.1, 0.15) is 32.6 Å². The first-order valence-electron chi connectivity index (χ1n) is 5.42. The summed E-state index contributed by atoms with van der Waals surface area (Å²) in [6.07, 6.45) is 5.22. The molecule has 1 N–H and O–H groups in total. The standard InChI is InChI=1S/C11H18FNO/c1-11(12,9-4-6-14-8-9)7-10-3-2-5-13-10/h8,10,13H,2-7H2,1H3. The fraction of sp³-hybridized carbons (Fsp3) is 0.818. The molecule has 0 aromatic rings. The maximum Gasteiger partial charge on any atom is 0.134 e. The normalized spacial score (nSPS) is 31.0. The van der Waals surface area contributed by atoms with Gasteiger partial charge in [0.2, 0.25) is 0 Å². The minimum atomic E-state index is -1.18. The third kappa shape index (κ3) is 2.08. The number of halogens is 1. The van der Waals surface area contributed by atoms with Crippen molar-refractivity contribution in [3.63, 3.8) is 0 Å². The number of hydrogen-bond donors (Lipinski definition) is 1. The highest BCUT2D eigenvalue weighted by molar-refractivity contribution is 5.16. The fourth-order valence-corrected chi connectivity index (χ4v) is 2.30. The Balaban J connectivity index is 1.93. The zero-order valence-electron chi connectivity index (χ0n) is 8.68. The van der Waals surface area contributed by atoms with Gasteiger partial charge in [0.1, 0.15) is 5.67 Å². The summed E-state index contributed by atoms with van der Waals surface area (Å²) in [5, 5.41) is 3.33. The zero-order chi connectivity index (χ0) is 10.0. The van der Waals surface area contributed by atoms with E-state index < -0.39 is 5.67 Å². The molecule has 0 bridgehead atoms. The van der Waals surface area contributed by atoms with Gasteiger partial charge in [0.15, 0.2) is 0 Å². The molecule has 80 valence electrons. The maximum absolute atomic E-state index is 14.3. The van der Waals surface area contributed by atoms with Crippen molar-refractivity contribution < 1.29 is 9.13 Å². The summed E-state index contributed by atoms with van der Waals surface area (Å²) in [7, 11) is 0. The molecule has 14 heavy (non-hydrogen) atoms. The lowest BCUT2D eigenvalue weighted by Crippen LogP contribution is -2.32. The highest BCUT2D eigenvalue weighted by atomic mass is 19.1. The third-order valence-electron chi connectivity index (χ3n) is 3.18. The van der Waals surface area contributed by atoms with E-state index in [2.05, 4.69) is 5.32 Å². The average Bonchev–Trinajstić information content (AvgIpc) is 2.71. The minimum Gasteiger partial charge on any atom is -0.501 e. The van der Waals surface area contributed by atoms with Gasteiger partial charge in [-0.25, -0.2) is 4.39 Å². The summed E-state index contributed by atoms with van der Waals surface area (Å²) in [4.78, 5) is 0. The Morgan fingerprint density at radius 3 is 3.14 bits per heavy atom. The smallest absolute Gasteiger partial charge is 0.134 e. The molecular formula is C11H18FNO. The van der Waals surface area contributed by atoms with Crippen molar-refractivity contribution in [1.82, 2.24) is 5.32 Å². The van der Waals surface area contributed by atoms with E-state index in [9.17, 15) is 4.39 Å². The van der Waals surface area contributed by atoms with Crippen molar-refractivity contribution in [1.29, 1.82) is 0 Å². The molecule has 0 spiro atoms. The maximum atomic E-state index is 14.3. The Morgan fingerprint density at radius 1 is 1.71 bits per heavy atom. The molecule has 2 nitrogen and oxygen atoms in total. The van der Waals surface area contributed by atoms with Crippen LogP contribution in [0.3, 0.4) is 0 Å². The van der Waals surface area contributed by atoms with Crippen LogP contribution in [0, 0.1) is 0 Å². The molecule has 0 radical (unpaired) electrons. The number of ether oxygens (including phenoxy) is 1. The van der Waals surface area contributed by atoms with E-state index >= 15 is 0 Å². The number of hydrogen-bond acceptors (Lipinski definition) is 2. The van der Waals surface area contributed by atoms with Gasteiger partial charge < -0.3 is 10.1 Å². The van der Waals surface area contributed by atoms with Gasteiger partial charge >= 0.3 is 0 Å². The summed E-state index contributed by atoms with van der Waals surface area (Å²) in [5.41, 5.74) is -0.357. The molecule has 1 fully saturated rings. The lowest BCUT2D eigenvalue weighted by molar-refractivity contribution is 0.200. The summed E-state index contributed by atoms with van der Waals surface area (Å²) in [6, 6.07) is 0.353. The van der Waals surface area contributed by atoms with Crippen molar-refractivity contribution in [2.45, 2.75) is 44.3 Å². The van der Waals surface area contributed by atoms with Gasteiger partial charge in [0.25, 0.3) is 0 Å². The van der Waals surface area contributed by atoms with E-state index in [1.807, 2.05) is 0 Å². The molecule has 0 saturated carbocycles. The van der Waals surface area contributed by atoms with E-state index in [-0.39, 0.29) is 0 Å². The van der Waals surface area contributed by atoms with Crippen molar-refractivity contribution in [3.8, 4) is 0 Å². The first kappa shape index (κ1) is 9.97. The van der Waals surface area contributed by atoms with E-state index in [0.717, 1.165) is 25.0 Å². The van der Waals surface area contributed by atoms with E-state index in [4.69, 9.17) is 4.74 Å². The highest BCUT2D eigenvalue weighted by Gasteiger charge is 2.34. The predicted octanol–water partition coefficient (Wildman–Crippen LogP) is 2.16.